The van der Waals surface area contributed by atoms with Crippen molar-refractivity contribution in [3.63, 3.8) is 0 Å². The Balaban J connectivity index is 1.75. The third-order valence-corrected chi connectivity index (χ3v) is 6.28. The van der Waals surface area contributed by atoms with Crippen molar-refractivity contribution < 1.29 is 4.84 Å². The zero-order valence-corrected chi connectivity index (χ0v) is 8.65. The molecule has 5 aliphatic carbocycles. The first-order valence-corrected chi connectivity index (χ1v) is 6.23. The first-order chi connectivity index (χ1) is 6.84. The molecule has 1 aliphatic heterocycles. The number of hydrogen-bond acceptors (Lipinski definition) is 2. The van der Waals surface area contributed by atoms with Crippen LogP contribution in [0, 0.1) is 29.1 Å². The van der Waals surface area contributed by atoms with Crippen LogP contribution >= 0.6 is 0 Å². The molecule has 76 valence electrons. The highest BCUT2D eigenvalue weighted by molar-refractivity contribution is 5.31. The number of hydrogen-bond donors (Lipinski definition) is 0. The van der Waals surface area contributed by atoms with Crippen LogP contribution in [0.15, 0.2) is 0 Å². The van der Waals surface area contributed by atoms with Gasteiger partial charge in [-0.1, -0.05) is 6.42 Å². The number of nitrogens with zero attached hydrogens (tertiary/aromatic N) is 1. The molecule has 5 saturated carbocycles. The maximum atomic E-state index is 6.13. The van der Waals surface area contributed by atoms with Crippen LogP contribution in [0.4, 0.5) is 0 Å². The van der Waals surface area contributed by atoms with Crippen LogP contribution in [-0.2, 0) is 4.84 Å². The van der Waals surface area contributed by atoms with Gasteiger partial charge in [0, 0.05) is 13.1 Å². The second-order valence-corrected chi connectivity index (χ2v) is 6.25. The monoisotopic (exact) mass is 191 g/mol. The van der Waals surface area contributed by atoms with Crippen molar-refractivity contribution in [2.75, 3.05) is 7.05 Å². The van der Waals surface area contributed by atoms with E-state index in [-0.39, 0.29) is 0 Å². The van der Waals surface area contributed by atoms with E-state index in [1.165, 1.54) is 25.7 Å². The first-order valence-electron chi connectivity index (χ1n) is 6.23. The van der Waals surface area contributed by atoms with E-state index >= 15 is 0 Å². The van der Waals surface area contributed by atoms with E-state index in [0.717, 1.165) is 35.1 Å². The molecule has 6 fully saturated rings. The Morgan fingerprint density at radius 2 is 2.36 bits per heavy atom. The van der Waals surface area contributed by atoms with Crippen LogP contribution in [0.2, 0.25) is 0 Å². The molecule has 14 heavy (non-hydrogen) atoms. The third kappa shape index (κ3) is 0.471. The largest absolute Gasteiger partial charge is 0.295 e. The summed E-state index contributed by atoms with van der Waals surface area (Å²) in [7, 11) is 2.18. The Hall–Kier alpha value is -0.0800. The lowest BCUT2D eigenvalue weighted by Crippen LogP contribution is -2.52. The fourth-order valence-electron chi connectivity index (χ4n) is 6.16. The van der Waals surface area contributed by atoms with Crippen molar-refractivity contribution in [1.82, 2.24) is 5.06 Å². The second kappa shape index (κ2) is 1.80. The Labute approximate surface area is 84.6 Å². The standard InChI is InChI=1S/C12H17NO/c1-13-8-3-2-4-12(8)7-5-6-9(10(6)12)11(7)14-13/h6-11H,2-5H2,1H3/t6-,7-,8-,9-,10-,11+,12+/m1/s1. The number of hydroxylamine groups is 2. The summed E-state index contributed by atoms with van der Waals surface area (Å²) in [4.78, 5) is 6.13. The molecule has 2 nitrogen and oxygen atoms in total. The minimum atomic E-state index is 0.643. The summed E-state index contributed by atoms with van der Waals surface area (Å²) in [5.74, 6) is 4.14. The van der Waals surface area contributed by atoms with E-state index in [1.807, 2.05) is 0 Å². The van der Waals surface area contributed by atoms with Crippen molar-refractivity contribution in [2.24, 2.45) is 29.1 Å². The Kier molecular flexibility index (Phi) is 0.931. The van der Waals surface area contributed by atoms with Gasteiger partial charge >= 0.3 is 0 Å². The quantitative estimate of drug-likeness (QED) is 0.577. The summed E-state index contributed by atoms with van der Waals surface area (Å²) in [6, 6.07) is 0.784. The fraction of sp³-hybridized carbons (Fsp3) is 1.00. The van der Waals surface area contributed by atoms with Crippen LogP contribution in [-0.4, -0.2) is 24.3 Å². The maximum absolute atomic E-state index is 6.13. The molecule has 0 N–H and O–H groups in total. The van der Waals surface area contributed by atoms with E-state index in [1.54, 1.807) is 0 Å². The molecular formula is C12H17NO. The smallest absolute Gasteiger partial charge is 0.0861 e. The van der Waals surface area contributed by atoms with E-state index in [2.05, 4.69) is 12.1 Å². The van der Waals surface area contributed by atoms with E-state index in [9.17, 15) is 0 Å². The van der Waals surface area contributed by atoms with Gasteiger partial charge in [-0.25, -0.2) is 0 Å². The minimum absolute atomic E-state index is 0.643. The highest BCUT2D eigenvalue weighted by atomic mass is 16.7. The minimum Gasteiger partial charge on any atom is -0.295 e. The summed E-state index contributed by atoms with van der Waals surface area (Å²) >= 11 is 0. The lowest BCUT2D eigenvalue weighted by atomic mass is 9.73. The lowest BCUT2D eigenvalue weighted by molar-refractivity contribution is -0.266. The van der Waals surface area contributed by atoms with Gasteiger partial charge in [0.25, 0.3) is 0 Å². The zero-order valence-electron chi connectivity index (χ0n) is 8.65. The van der Waals surface area contributed by atoms with Gasteiger partial charge in [0.15, 0.2) is 0 Å². The highest BCUT2D eigenvalue weighted by Crippen LogP contribution is 2.84. The molecule has 0 unspecified atom stereocenters. The van der Waals surface area contributed by atoms with Gasteiger partial charge in [0.1, 0.15) is 0 Å². The van der Waals surface area contributed by atoms with Gasteiger partial charge in [0.05, 0.1) is 6.10 Å². The highest BCUT2D eigenvalue weighted by Gasteiger charge is 2.84. The molecule has 6 aliphatic rings. The predicted octanol–water partition coefficient (Wildman–Crippen LogP) is 1.67. The Morgan fingerprint density at radius 1 is 1.43 bits per heavy atom. The molecule has 7 atom stereocenters. The summed E-state index contributed by atoms with van der Waals surface area (Å²) in [6.45, 7) is 0. The van der Waals surface area contributed by atoms with E-state index in [0.29, 0.717) is 6.10 Å². The molecule has 0 amide bonds. The van der Waals surface area contributed by atoms with Crippen molar-refractivity contribution in [3.05, 3.63) is 0 Å². The van der Waals surface area contributed by atoms with Gasteiger partial charge in [-0.2, -0.15) is 5.06 Å². The molecule has 0 aromatic rings. The van der Waals surface area contributed by atoms with Crippen LogP contribution in [0.1, 0.15) is 25.7 Å². The summed E-state index contributed by atoms with van der Waals surface area (Å²) < 4.78 is 0. The second-order valence-electron chi connectivity index (χ2n) is 6.25. The average molecular weight is 191 g/mol. The van der Waals surface area contributed by atoms with Gasteiger partial charge in [-0.05, 0) is 48.3 Å². The average Bonchev–Trinajstić information content (AvgIpc) is 2.57. The Morgan fingerprint density at radius 3 is 3.21 bits per heavy atom. The van der Waals surface area contributed by atoms with Crippen LogP contribution in [0.3, 0.4) is 0 Å². The SMILES string of the molecule is CN1O[C@@H]2[C@@H]3[C@H]4C[C@H]2[C@]2(CCC[C@@H]12)[C@H]43. The zero-order chi connectivity index (χ0) is 9.08. The Bertz CT molecular complexity index is 330. The molecule has 0 radical (unpaired) electrons. The molecule has 6 rings (SSSR count). The van der Waals surface area contributed by atoms with Gasteiger partial charge in [-0.15, -0.1) is 0 Å². The van der Waals surface area contributed by atoms with E-state index < -0.39 is 0 Å². The molecule has 1 spiro atoms. The van der Waals surface area contributed by atoms with Crippen LogP contribution in [0.25, 0.3) is 0 Å². The molecule has 1 saturated heterocycles. The van der Waals surface area contributed by atoms with Crippen molar-refractivity contribution in [1.29, 1.82) is 0 Å². The van der Waals surface area contributed by atoms with Gasteiger partial charge < -0.3 is 0 Å². The van der Waals surface area contributed by atoms with Gasteiger partial charge in [0.2, 0.25) is 0 Å². The molecule has 0 aromatic heterocycles. The summed E-state index contributed by atoms with van der Waals surface area (Å²) in [5.41, 5.74) is 0.743. The maximum Gasteiger partial charge on any atom is 0.0861 e. The van der Waals surface area contributed by atoms with Crippen LogP contribution < -0.4 is 0 Å². The molecule has 1 heterocycles. The number of rotatable bonds is 0. The summed E-state index contributed by atoms with van der Waals surface area (Å²) in [6.07, 6.45) is 6.53. The topological polar surface area (TPSA) is 12.5 Å². The normalized spacial score (nSPS) is 72.6. The predicted molar refractivity (Wildman–Crippen MR) is 51.3 cm³/mol. The molecule has 2 heteroatoms. The first kappa shape index (κ1) is 7.24. The van der Waals surface area contributed by atoms with Gasteiger partial charge in [-0.3, -0.25) is 4.84 Å². The fourth-order valence-corrected chi connectivity index (χ4v) is 6.16. The molecule has 0 aromatic carbocycles. The van der Waals surface area contributed by atoms with Crippen molar-refractivity contribution in [2.45, 2.75) is 37.8 Å². The van der Waals surface area contributed by atoms with E-state index in [4.69, 9.17) is 4.84 Å². The van der Waals surface area contributed by atoms with Crippen LogP contribution in [0.5, 0.6) is 0 Å². The third-order valence-electron chi connectivity index (χ3n) is 6.28. The summed E-state index contributed by atoms with van der Waals surface area (Å²) in [5, 5.41) is 2.24. The molecule has 6 bridgehead atoms. The van der Waals surface area contributed by atoms with Crippen molar-refractivity contribution >= 4 is 0 Å². The van der Waals surface area contributed by atoms with Crippen molar-refractivity contribution in [3.8, 4) is 0 Å². The molecular weight excluding hydrogens is 174 g/mol. The lowest BCUT2D eigenvalue weighted by Gasteiger charge is -2.46.